The van der Waals surface area contributed by atoms with Gasteiger partial charge in [0, 0.05) is 17.7 Å². The van der Waals surface area contributed by atoms with E-state index in [1.165, 1.54) is 6.33 Å². The highest BCUT2D eigenvalue weighted by Gasteiger charge is 2.36. The van der Waals surface area contributed by atoms with Crippen molar-refractivity contribution in [2.24, 2.45) is 5.73 Å². The summed E-state index contributed by atoms with van der Waals surface area (Å²) in [6, 6.07) is 3.84. The van der Waals surface area contributed by atoms with Gasteiger partial charge >= 0.3 is 0 Å². The molecule has 1 aliphatic rings. The third-order valence-corrected chi connectivity index (χ3v) is 4.42. The van der Waals surface area contributed by atoms with Crippen molar-refractivity contribution in [1.29, 1.82) is 0 Å². The quantitative estimate of drug-likeness (QED) is 0.908. The maximum Gasteiger partial charge on any atom is 0.138 e. The molecule has 1 aromatic heterocycles. The molecule has 0 spiro atoms. The van der Waals surface area contributed by atoms with Crippen LogP contribution in [-0.2, 0) is 11.8 Å². The lowest BCUT2D eigenvalue weighted by Gasteiger charge is -2.34. The van der Waals surface area contributed by atoms with Gasteiger partial charge in [-0.1, -0.05) is 25.4 Å². The van der Waals surface area contributed by atoms with Crippen molar-refractivity contribution in [2.75, 3.05) is 18.9 Å². The molecule has 4 N–H and O–H groups in total. The van der Waals surface area contributed by atoms with E-state index in [-0.39, 0.29) is 5.41 Å². The van der Waals surface area contributed by atoms with Crippen molar-refractivity contribution in [3.63, 3.8) is 0 Å². The number of rotatable bonds is 3. The fraction of sp³-hybridized carbons (Fsp3) is 0.375. The minimum atomic E-state index is -0.191. The summed E-state index contributed by atoms with van der Waals surface area (Å²) < 4.78 is 5.62. The van der Waals surface area contributed by atoms with Gasteiger partial charge in [0.15, 0.2) is 0 Å². The van der Waals surface area contributed by atoms with Gasteiger partial charge in [0.25, 0.3) is 0 Å². The molecule has 1 aromatic carbocycles. The molecule has 0 fully saturated rings. The summed E-state index contributed by atoms with van der Waals surface area (Å²) in [5.74, 6) is 1.19. The first-order chi connectivity index (χ1) is 10.5. The van der Waals surface area contributed by atoms with Crippen LogP contribution in [-0.4, -0.2) is 23.1 Å². The molecule has 1 aliphatic carbocycles. The number of hydrogen-bond acceptors (Lipinski definition) is 5. The first-order valence-electron chi connectivity index (χ1n) is 7.21. The first kappa shape index (κ1) is 15.1. The van der Waals surface area contributed by atoms with Crippen molar-refractivity contribution in [3.8, 4) is 17.0 Å². The fourth-order valence-corrected chi connectivity index (χ4v) is 3.36. The van der Waals surface area contributed by atoms with E-state index in [1.807, 2.05) is 12.1 Å². The molecule has 0 aliphatic heterocycles. The third-order valence-electron chi connectivity index (χ3n) is 4.01. The minimum Gasteiger partial charge on any atom is -0.491 e. The molecular weight excluding hydrogens is 300 g/mol. The molecule has 3 rings (SSSR count). The van der Waals surface area contributed by atoms with Crippen LogP contribution in [0.5, 0.6) is 5.75 Å². The summed E-state index contributed by atoms with van der Waals surface area (Å²) in [6.07, 6.45) is 2.25. The summed E-state index contributed by atoms with van der Waals surface area (Å²) in [6.45, 7) is 5.13. The van der Waals surface area contributed by atoms with Gasteiger partial charge in [-0.05, 0) is 29.5 Å². The Morgan fingerprint density at radius 2 is 2.09 bits per heavy atom. The number of nitrogens with two attached hydrogens (primary N) is 2. The Hall–Kier alpha value is -1.85. The Balaban J connectivity index is 2.19. The fourth-order valence-electron chi connectivity index (χ4n) is 3.08. The molecule has 5 nitrogen and oxygen atoms in total. The summed E-state index contributed by atoms with van der Waals surface area (Å²) in [4.78, 5) is 8.58. The average Bonchev–Trinajstić information content (AvgIpc) is 2.47. The van der Waals surface area contributed by atoms with Crippen LogP contribution in [0.2, 0.25) is 5.02 Å². The second kappa shape index (κ2) is 5.41. The second-order valence-corrected chi connectivity index (χ2v) is 6.46. The summed E-state index contributed by atoms with van der Waals surface area (Å²) in [5, 5.41) is 0.627. The van der Waals surface area contributed by atoms with Gasteiger partial charge in [0.1, 0.15) is 24.5 Å². The maximum absolute atomic E-state index is 6.56. The molecule has 0 bridgehead atoms. The Morgan fingerprint density at radius 3 is 2.82 bits per heavy atom. The van der Waals surface area contributed by atoms with Gasteiger partial charge in [-0.2, -0.15) is 0 Å². The van der Waals surface area contributed by atoms with Gasteiger partial charge in [-0.3, -0.25) is 0 Å². The highest BCUT2D eigenvalue weighted by molar-refractivity contribution is 6.33. The van der Waals surface area contributed by atoms with Gasteiger partial charge < -0.3 is 16.2 Å². The van der Waals surface area contributed by atoms with Crippen molar-refractivity contribution >= 4 is 17.4 Å². The Labute approximate surface area is 134 Å². The van der Waals surface area contributed by atoms with E-state index in [0.29, 0.717) is 29.7 Å². The highest BCUT2D eigenvalue weighted by Crippen LogP contribution is 2.47. The molecule has 0 atom stereocenters. The number of ether oxygens (including phenoxy) is 1. The lowest BCUT2D eigenvalue weighted by Crippen LogP contribution is -2.28. The lowest BCUT2D eigenvalue weighted by atomic mass is 9.72. The van der Waals surface area contributed by atoms with Crippen LogP contribution in [0.3, 0.4) is 0 Å². The molecule has 0 unspecified atom stereocenters. The lowest BCUT2D eigenvalue weighted by molar-refractivity contribution is 0.328. The monoisotopic (exact) mass is 318 g/mol. The van der Waals surface area contributed by atoms with E-state index in [4.69, 9.17) is 27.8 Å². The van der Waals surface area contributed by atoms with Gasteiger partial charge in [0.2, 0.25) is 0 Å². The van der Waals surface area contributed by atoms with E-state index in [2.05, 4.69) is 23.8 Å². The second-order valence-electron chi connectivity index (χ2n) is 6.08. The molecule has 6 heteroatoms. The normalized spacial score (nSPS) is 15.1. The molecule has 0 saturated carbocycles. The smallest absolute Gasteiger partial charge is 0.138 e. The summed E-state index contributed by atoms with van der Waals surface area (Å²) in [5.41, 5.74) is 15.2. The SMILES string of the molecule is CC1(C)Cc2c(ccc(OCCN)c2Cl)-c2ncnc(N)c21. The van der Waals surface area contributed by atoms with Crippen molar-refractivity contribution in [3.05, 3.63) is 34.6 Å². The minimum absolute atomic E-state index is 0.191. The predicted molar refractivity (Wildman–Crippen MR) is 88.2 cm³/mol. The number of hydrogen-bond donors (Lipinski definition) is 2. The Bertz CT molecular complexity index is 730. The number of halogens is 1. The van der Waals surface area contributed by atoms with Crippen LogP contribution >= 0.6 is 11.6 Å². The van der Waals surface area contributed by atoms with E-state index >= 15 is 0 Å². The summed E-state index contributed by atoms with van der Waals surface area (Å²) in [7, 11) is 0. The number of nitrogen functional groups attached to an aromatic ring is 1. The standard InChI is InChI=1S/C16H19ClN4O/c1-16(2)7-10-9(14-12(16)15(19)21-8-20-14)3-4-11(13(10)17)22-6-5-18/h3-4,8H,5-7,18H2,1-2H3,(H2,19,20,21). The van der Waals surface area contributed by atoms with Crippen molar-refractivity contribution in [2.45, 2.75) is 25.7 Å². The molecule has 22 heavy (non-hydrogen) atoms. The molecule has 0 radical (unpaired) electrons. The highest BCUT2D eigenvalue weighted by atomic mass is 35.5. The van der Waals surface area contributed by atoms with Crippen LogP contribution in [0, 0.1) is 0 Å². The van der Waals surface area contributed by atoms with E-state index < -0.39 is 0 Å². The molecule has 0 saturated heterocycles. The Kier molecular flexibility index (Phi) is 3.70. The van der Waals surface area contributed by atoms with Crippen LogP contribution in [0.25, 0.3) is 11.3 Å². The third kappa shape index (κ3) is 2.30. The van der Waals surface area contributed by atoms with Crippen molar-refractivity contribution < 1.29 is 4.74 Å². The van der Waals surface area contributed by atoms with E-state index in [0.717, 1.165) is 28.8 Å². The van der Waals surface area contributed by atoms with Gasteiger partial charge in [-0.25, -0.2) is 9.97 Å². The topological polar surface area (TPSA) is 87.0 Å². The first-order valence-corrected chi connectivity index (χ1v) is 7.59. The molecule has 1 heterocycles. The van der Waals surface area contributed by atoms with Crippen LogP contribution in [0.4, 0.5) is 5.82 Å². The zero-order valence-corrected chi connectivity index (χ0v) is 13.4. The van der Waals surface area contributed by atoms with Crippen LogP contribution < -0.4 is 16.2 Å². The zero-order valence-electron chi connectivity index (χ0n) is 12.7. The Morgan fingerprint density at radius 1 is 1.32 bits per heavy atom. The molecule has 116 valence electrons. The van der Waals surface area contributed by atoms with E-state index in [9.17, 15) is 0 Å². The molecule has 0 amide bonds. The van der Waals surface area contributed by atoms with Crippen LogP contribution in [0.1, 0.15) is 25.0 Å². The van der Waals surface area contributed by atoms with Gasteiger partial charge in [0.05, 0.1) is 10.7 Å². The number of benzene rings is 1. The number of anilines is 1. The zero-order chi connectivity index (χ0) is 15.9. The summed E-state index contributed by atoms with van der Waals surface area (Å²) >= 11 is 6.56. The van der Waals surface area contributed by atoms with Crippen LogP contribution in [0.15, 0.2) is 18.5 Å². The molecular formula is C16H19ClN4O. The average molecular weight is 319 g/mol. The number of nitrogens with zero attached hydrogens (tertiary/aromatic N) is 2. The molecule has 2 aromatic rings. The van der Waals surface area contributed by atoms with Crippen molar-refractivity contribution in [1.82, 2.24) is 9.97 Å². The largest absolute Gasteiger partial charge is 0.491 e. The van der Waals surface area contributed by atoms with E-state index in [1.54, 1.807) is 0 Å². The van der Waals surface area contributed by atoms with Gasteiger partial charge in [-0.15, -0.1) is 0 Å². The number of fused-ring (bicyclic) bond motifs is 3. The predicted octanol–water partition coefficient (Wildman–Crippen LogP) is 2.55. The maximum atomic E-state index is 6.56. The number of aromatic nitrogens is 2.